The van der Waals surface area contributed by atoms with Gasteiger partial charge in [0.1, 0.15) is 5.15 Å². The van der Waals surface area contributed by atoms with Crippen LogP contribution in [0.3, 0.4) is 0 Å². The quantitative estimate of drug-likeness (QED) is 0.755. The SMILES string of the molecule is Cc1cccc(-c2cc3nc(CC(=O)O)cc(Cl)n3n2)c1. The second kappa shape index (κ2) is 5.18. The molecule has 0 unspecified atom stereocenters. The zero-order chi connectivity index (χ0) is 15.0. The van der Waals surface area contributed by atoms with Crippen molar-refractivity contribution in [1.82, 2.24) is 14.6 Å². The van der Waals surface area contributed by atoms with Crippen LogP contribution in [-0.2, 0) is 11.2 Å². The third kappa shape index (κ3) is 2.73. The van der Waals surface area contributed by atoms with E-state index in [4.69, 9.17) is 16.7 Å². The summed E-state index contributed by atoms with van der Waals surface area (Å²) < 4.78 is 1.50. The van der Waals surface area contributed by atoms with Crippen LogP contribution in [0.1, 0.15) is 11.3 Å². The Balaban J connectivity index is 2.11. The molecular formula is C15H12ClN3O2. The lowest BCUT2D eigenvalue weighted by Gasteiger charge is -2.00. The number of carbonyl (C=O) groups is 1. The molecule has 0 saturated heterocycles. The van der Waals surface area contributed by atoms with E-state index >= 15 is 0 Å². The lowest BCUT2D eigenvalue weighted by atomic mass is 10.1. The molecule has 0 saturated carbocycles. The third-order valence-electron chi connectivity index (χ3n) is 3.08. The van der Waals surface area contributed by atoms with Gasteiger partial charge in [0.15, 0.2) is 5.65 Å². The van der Waals surface area contributed by atoms with E-state index in [1.165, 1.54) is 10.6 Å². The van der Waals surface area contributed by atoms with Crippen molar-refractivity contribution in [1.29, 1.82) is 0 Å². The van der Waals surface area contributed by atoms with Gasteiger partial charge in [-0.25, -0.2) is 9.50 Å². The molecule has 0 aliphatic rings. The minimum Gasteiger partial charge on any atom is -0.481 e. The molecule has 0 amide bonds. The van der Waals surface area contributed by atoms with E-state index in [-0.39, 0.29) is 6.42 Å². The van der Waals surface area contributed by atoms with E-state index < -0.39 is 5.97 Å². The molecule has 3 rings (SSSR count). The van der Waals surface area contributed by atoms with Crippen molar-refractivity contribution in [2.24, 2.45) is 0 Å². The Hall–Kier alpha value is -2.40. The zero-order valence-corrected chi connectivity index (χ0v) is 12.0. The smallest absolute Gasteiger partial charge is 0.309 e. The number of halogens is 1. The van der Waals surface area contributed by atoms with Crippen molar-refractivity contribution in [3.63, 3.8) is 0 Å². The molecule has 0 fully saturated rings. The van der Waals surface area contributed by atoms with Gasteiger partial charge >= 0.3 is 5.97 Å². The highest BCUT2D eigenvalue weighted by Crippen LogP contribution is 2.22. The van der Waals surface area contributed by atoms with Crippen LogP contribution in [0.2, 0.25) is 5.15 Å². The number of hydrogen-bond donors (Lipinski definition) is 1. The molecule has 1 aromatic carbocycles. The number of nitrogens with zero attached hydrogens (tertiary/aromatic N) is 3. The Morgan fingerprint density at radius 1 is 1.33 bits per heavy atom. The van der Waals surface area contributed by atoms with Gasteiger partial charge in [-0.1, -0.05) is 35.4 Å². The first kappa shape index (κ1) is 13.6. The zero-order valence-electron chi connectivity index (χ0n) is 11.2. The van der Waals surface area contributed by atoms with Gasteiger partial charge in [-0.05, 0) is 19.1 Å². The Morgan fingerprint density at radius 2 is 2.14 bits per heavy atom. The second-order valence-electron chi connectivity index (χ2n) is 4.81. The number of hydrogen-bond acceptors (Lipinski definition) is 3. The molecule has 0 spiro atoms. The minimum absolute atomic E-state index is 0.165. The lowest BCUT2D eigenvalue weighted by Crippen LogP contribution is -2.04. The largest absolute Gasteiger partial charge is 0.481 e. The average Bonchev–Trinajstić information content (AvgIpc) is 2.82. The van der Waals surface area contributed by atoms with E-state index in [9.17, 15) is 4.79 Å². The molecule has 5 nitrogen and oxygen atoms in total. The number of aromatic nitrogens is 3. The van der Waals surface area contributed by atoms with E-state index in [0.29, 0.717) is 16.5 Å². The van der Waals surface area contributed by atoms with Gasteiger partial charge in [0.25, 0.3) is 0 Å². The minimum atomic E-state index is -0.943. The van der Waals surface area contributed by atoms with E-state index in [1.807, 2.05) is 31.2 Å². The molecule has 0 aliphatic heterocycles. The highest BCUT2D eigenvalue weighted by Gasteiger charge is 2.11. The van der Waals surface area contributed by atoms with Gasteiger partial charge in [0, 0.05) is 11.6 Å². The summed E-state index contributed by atoms with van der Waals surface area (Å²) in [4.78, 5) is 15.1. The number of benzene rings is 1. The summed E-state index contributed by atoms with van der Waals surface area (Å²) in [5.41, 5.74) is 3.80. The molecule has 6 heteroatoms. The average molecular weight is 302 g/mol. The normalized spacial score (nSPS) is 11.0. The summed E-state index contributed by atoms with van der Waals surface area (Å²) in [5.74, 6) is -0.943. The standard InChI is InChI=1S/C15H12ClN3O2/c1-9-3-2-4-10(5-9)12-8-14-17-11(7-15(20)21)6-13(16)19(14)18-12/h2-6,8H,7H2,1H3,(H,20,21). The van der Waals surface area contributed by atoms with Gasteiger partial charge in [-0.15, -0.1) is 0 Å². The van der Waals surface area contributed by atoms with Gasteiger partial charge in [0.2, 0.25) is 0 Å². The molecule has 2 aromatic heterocycles. The second-order valence-corrected chi connectivity index (χ2v) is 5.20. The molecule has 0 bridgehead atoms. The number of rotatable bonds is 3. The molecule has 0 aliphatic carbocycles. The van der Waals surface area contributed by atoms with E-state index in [0.717, 1.165) is 16.8 Å². The number of fused-ring (bicyclic) bond motifs is 1. The van der Waals surface area contributed by atoms with Crippen LogP contribution >= 0.6 is 11.6 Å². The summed E-state index contributed by atoms with van der Waals surface area (Å²) in [5, 5.41) is 13.6. The lowest BCUT2D eigenvalue weighted by molar-refractivity contribution is -0.136. The van der Waals surface area contributed by atoms with Crippen LogP contribution in [0.25, 0.3) is 16.9 Å². The fourth-order valence-electron chi connectivity index (χ4n) is 2.18. The summed E-state index contributed by atoms with van der Waals surface area (Å²) in [7, 11) is 0. The number of carboxylic acid groups (broad SMARTS) is 1. The fourth-order valence-corrected chi connectivity index (χ4v) is 2.43. The molecular weight excluding hydrogens is 290 g/mol. The molecule has 0 radical (unpaired) electrons. The molecule has 0 atom stereocenters. The first-order valence-electron chi connectivity index (χ1n) is 6.37. The topological polar surface area (TPSA) is 67.5 Å². The molecule has 3 aromatic rings. The highest BCUT2D eigenvalue weighted by atomic mass is 35.5. The number of aryl methyl sites for hydroxylation is 1. The fraction of sp³-hybridized carbons (Fsp3) is 0.133. The van der Waals surface area contributed by atoms with Crippen molar-refractivity contribution < 1.29 is 9.90 Å². The van der Waals surface area contributed by atoms with Crippen molar-refractivity contribution >= 4 is 23.2 Å². The van der Waals surface area contributed by atoms with Crippen molar-refractivity contribution in [3.8, 4) is 11.3 Å². The Bertz CT molecular complexity index is 842. The van der Waals surface area contributed by atoms with Crippen molar-refractivity contribution in [2.75, 3.05) is 0 Å². The van der Waals surface area contributed by atoms with Gasteiger partial charge in [0.05, 0.1) is 17.8 Å². The summed E-state index contributed by atoms with van der Waals surface area (Å²) >= 11 is 6.15. The third-order valence-corrected chi connectivity index (χ3v) is 3.35. The van der Waals surface area contributed by atoms with Crippen LogP contribution in [0.4, 0.5) is 0 Å². The monoisotopic (exact) mass is 301 g/mol. The predicted octanol–water partition coefficient (Wildman–Crippen LogP) is 2.99. The van der Waals surface area contributed by atoms with E-state index in [1.54, 1.807) is 6.07 Å². The Kier molecular flexibility index (Phi) is 3.35. The number of carboxylic acids is 1. The van der Waals surface area contributed by atoms with Crippen LogP contribution < -0.4 is 0 Å². The maximum absolute atomic E-state index is 10.8. The van der Waals surface area contributed by atoms with Crippen LogP contribution in [0, 0.1) is 6.92 Å². The molecule has 21 heavy (non-hydrogen) atoms. The Labute approximate surface area is 125 Å². The van der Waals surface area contributed by atoms with Gasteiger partial charge < -0.3 is 5.11 Å². The summed E-state index contributed by atoms with van der Waals surface area (Å²) in [6.07, 6.45) is -0.165. The summed E-state index contributed by atoms with van der Waals surface area (Å²) in [6, 6.07) is 11.3. The maximum atomic E-state index is 10.8. The summed E-state index contributed by atoms with van der Waals surface area (Å²) in [6.45, 7) is 2.01. The number of aliphatic carboxylic acids is 1. The van der Waals surface area contributed by atoms with Gasteiger partial charge in [-0.3, -0.25) is 4.79 Å². The van der Waals surface area contributed by atoms with Crippen LogP contribution in [0.5, 0.6) is 0 Å². The first-order valence-corrected chi connectivity index (χ1v) is 6.75. The molecule has 2 heterocycles. The van der Waals surface area contributed by atoms with Crippen LogP contribution in [-0.4, -0.2) is 25.7 Å². The van der Waals surface area contributed by atoms with Crippen molar-refractivity contribution in [2.45, 2.75) is 13.3 Å². The van der Waals surface area contributed by atoms with Crippen LogP contribution in [0.15, 0.2) is 36.4 Å². The van der Waals surface area contributed by atoms with Gasteiger partial charge in [-0.2, -0.15) is 5.10 Å². The van der Waals surface area contributed by atoms with Crippen molar-refractivity contribution in [3.05, 3.63) is 52.8 Å². The molecule has 106 valence electrons. The maximum Gasteiger partial charge on any atom is 0.309 e. The first-order chi connectivity index (χ1) is 10.0. The molecule has 1 N–H and O–H groups in total. The Morgan fingerprint density at radius 3 is 2.86 bits per heavy atom. The highest BCUT2D eigenvalue weighted by molar-refractivity contribution is 6.29. The van der Waals surface area contributed by atoms with E-state index in [2.05, 4.69) is 10.1 Å². The predicted molar refractivity (Wildman–Crippen MR) is 79.5 cm³/mol.